The fourth-order valence-electron chi connectivity index (χ4n) is 5.48. The molecule has 0 spiro atoms. The third-order valence-electron chi connectivity index (χ3n) is 7.63. The molecule has 1 N–H and O–H groups in total. The van der Waals surface area contributed by atoms with Crippen molar-refractivity contribution in [2.45, 2.75) is 70.9 Å². The minimum Gasteiger partial charge on any atom is -0.481 e. The van der Waals surface area contributed by atoms with Crippen molar-refractivity contribution in [1.29, 1.82) is 0 Å². The number of fused-ring (bicyclic) bond motifs is 1. The molecule has 5 nitrogen and oxygen atoms in total. The number of hydrogen-bond acceptors (Lipinski definition) is 3. The summed E-state index contributed by atoms with van der Waals surface area (Å²) < 4.78 is 6.08. The van der Waals surface area contributed by atoms with E-state index in [9.17, 15) is 9.59 Å². The summed E-state index contributed by atoms with van der Waals surface area (Å²) in [6.07, 6.45) is 6.98. The Bertz CT molecular complexity index is 1060. The molecule has 5 rings (SSSR count). The normalized spacial score (nSPS) is 21.1. The Kier molecular flexibility index (Phi) is 6.62. The Labute approximate surface area is 202 Å². The fraction of sp³-hybridized carbons (Fsp3) is 0.517. The van der Waals surface area contributed by atoms with E-state index in [1.54, 1.807) is 6.92 Å². The van der Waals surface area contributed by atoms with E-state index in [-0.39, 0.29) is 23.8 Å². The maximum absolute atomic E-state index is 13.6. The van der Waals surface area contributed by atoms with Gasteiger partial charge in [0.15, 0.2) is 6.10 Å². The average Bonchev–Trinajstić information content (AvgIpc) is 3.51. The van der Waals surface area contributed by atoms with E-state index in [4.69, 9.17) is 4.74 Å². The molecule has 2 amide bonds. The third kappa shape index (κ3) is 4.98. The molecule has 2 atom stereocenters. The standard InChI is InChI=1S/C29H36N2O3/c1-19-6-5-9-24(16-19)27-26-17-25(34-20(2)28(32)30-18-21-10-11-21)13-12-22(26)14-15-31(27)29(33)23-7-3-4-8-23/h5-6,9,12-13,16-17,20-21,23,27H,3-4,7-8,10-11,14-15,18H2,1-2H3,(H,30,32)/t20-,27-/m1/s1. The number of amides is 2. The molecule has 0 bridgehead atoms. The van der Waals surface area contributed by atoms with Crippen LogP contribution in [-0.4, -0.2) is 35.9 Å². The van der Waals surface area contributed by atoms with Crippen molar-refractivity contribution in [2.24, 2.45) is 11.8 Å². The van der Waals surface area contributed by atoms with E-state index in [0.29, 0.717) is 11.7 Å². The molecule has 1 heterocycles. The molecule has 0 unspecified atom stereocenters. The average molecular weight is 461 g/mol. The molecule has 2 aromatic carbocycles. The summed E-state index contributed by atoms with van der Waals surface area (Å²) in [6, 6.07) is 14.5. The topological polar surface area (TPSA) is 58.6 Å². The van der Waals surface area contributed by atoms with Gasteiger partial charge in [0.1, 0.15) is 5.75 Å². The predicted molar refractivity (Wildman–Crippen MR) is 133 cm³/mol. The highest BCUT2D eigenvalue weighted by molar-refractivity contribution is 5.81. The van der Waals surface area contributed by atoms with Gasteiger partial charge in [-0.2, -0.15) is 0 Å². The number of rotatable bonds is 7. The highest BCUT2D eigenvalue weighted by atomic mass is 16.5. The Morgan fingerprint density at radius 2 is 1.88 bits per heavy atom. The van der Waals surface area contributed by atoms with Crippen molar-refractivity contribution < 1.29 is 14.3 Å². The molecule has 1 aliphatic heterocycles. The molecule has 5 heteroatoms. The minimum absolute atomic E-state index is 0.0714. The summed E-state index contributed by atoms with van der Waals surface area (Å²) in [6.45, 7) is 5.37. The lowest BCUT2D eigenvalue weighted by atomic mass is 9.86. The number of nitrogens with one attached hydrogen (secondary N) is 1. The molecule has 3 aliphatic rings. The van der Waals surface area contributed by atoms with Gasteiger partial charge in [-0.25, -0.2) is 0 Å². The van der Waals surface area contributed by atoms with Crippen LogP contribution in [-0.2, 0) is 16.0 Å². The van der Waals surface area contributed by atoms with E-state index in [0.717, 1.165) is 56.3 Å². The van der Waals surface area contributed by atoms with Crippen LogP contribution in [0.1, 0.15) is 73.7 Å². The zero-order chi connectivity index (χ0) is 23.7. The highest BCUT2D eigenvalue weighted by Crippen LogP contribution is 2.40. The van der Waals surface area contributed by atoms with Crippen LogP contribution >= 0.6 is 0 Å². The Morgan fingerprint density at radius 1 is 1.09 bits per heavy atom. The van der Waals surface area contributed by atoms with Crippen molar-refractivity contribution in [1.82, 2.24) is 10.2 Å². The molecular weight excluding hydrogens is 424 g/mol. The second kappa shape index (κ2) is 9.81. The van der Waals surface area contributed by atoms with Gasteiger partial charge < -0.3 is 15.0 Å². The van der Waals surface area contributed by atoms with Gasteiger partial charge in [0.2, 0.25) is 5.91 Å². The largest absolute Gasteiger partial charge is 0.481 e. The Hall–Kier alpha value is -2.82. The lowest BCUT2D eigenvalue weighted by Crippen LogP contribution is -2.43. The first-order chi connectivity index (χ1) is 16.5. The molecule has 2 fully saturated rings. The van der Waals surface area contributed by atoms with Crippen molar-refractivity contribution >= 4 is 11.8 Å². The summed E-state index contributed by atoms with van der Waals surface area (Å²) in [7, 11) is 0. The molecular formula is C29H36N2O3. The number of aryl methyl sites for hydroxylation is 1. The van der Waals surface area contributed by atoms with Crippen LogP contribution in [0.15, 0.2) is 42.5 Å². The monoisotopic (exact) mass is 460 g/mol. The highest BCUT2D eigenvalue weighted by Gasteiger charge is 2.36. The quantitative estimate of drug-likeness (QED) is 0.636. The van der Waals surface area contributed by atoms with E-state index < -0.39 is 6.10 Å². The minimum atomic E-state index is -0.561. The Morgan fingerprint density at radius 3 is 2.62 bits per heavy atom. The van der Waals surface area contributed by atoms with Gasteiger partial charge in [0.25, 0.3) is 5.91 Å². The number of ether oxygens (including phenoxy) is 1. The van der Waals surface area contributed by atoms with Gasteiger partial charge in [0, 0.05) is 19.0 Å². The molecule has 34 heavy (non-hydrogen) atoms. The maximum atomic E-state index is 13.6. The van der Waals surface area contributed by atoms with Gasteiger partial charge in [0.05, 0.1) is 6.04 Å². The number of hydrogen-bond donors (Lipinski definition) is 1. The summed E-state index contributed by atoms with van der Waals surface area (Å²) in [5, 5.41) is 3.00. The van der Waals surface area contributed by atoms with Gasteiger partial charge >= 0.3 is 0 Å². The second-order valence-corrected chi connectivity index (χ2v) is 10.4. The van der Waals surface area contributed by atoms with Gasteiger partial charge in [-0.15, -0.1) is 0 Å². The molecule has 2 aromatic rings. The van der Waals surface area contributed by atoms with Gasteiger partial charge in [-0.05, 0) is 80.7 Å². The first kappa shape index (κ1) is 22.9. The number of benzene rings is 2. The molecule has 0 radical (unpaired) electrons. The molecule has 2 saturated carbocycles. The Balaban J connectivity index is 1.42. The van der Waals surface area contributed by atoms with E-state index >= 15 is 0 Å². The van der Waals surface area contributed by atoms with Crippen LogP contribution in [0, 0.1) is 18.8 Å². The van der Waals surface area contributed by atoms with Crippen LogP contribution in [0.3, 0.4) is 0 Å². The van der Waals surface area contributed by atoms with Gasteiger partial charge in [-0.3, -0.25) is 9.59 Å². The lowest BCUT2D eigenvalue weighted by molar-refractivity contribution is -0.137. The zero-order valence-electron chi connectivity index (χ0n) is 20.4. The van der Waals surface area contributed by atoms with Crippen molar-refractivity contribution in [3.05, 3.63) is 64.7 Å². The number of nitrogens with zero attached hydrogens (tertiary/aromatic N) is 1. The van der Waals surface area contributed by atoms with E-state index in [1.807, 2.05) is 6.07 Å². The zero-order valence-corrected chi connectivity index (χ0v) is 20.4. The molecule has 180 valence electrons. The number of carbonyl (C=O) groups is 2. The molecule has 2 aliphatic carbocycles. The van der Waals surface area contributed by atoms with Crippen LogP contribution in [0.5, 0.6) is 5.75 Å². The summed E-state index contributed by atoms with van der Waals surface area (Å²) in [4.78, 5) is 28.2. The van der Waals surface area contributed by atoms with Crippen LogP contribution in [0.2, 0.25) is 0 Å². The maximum Gasteiger partial charge on any atom is 0.260 e. The van der Waals surface area contributed by atoms with Crippen LogP contribution < -0.4 is 10.1 Å². The van der Waals surface area contributed by atoms with E-state index in [1.165, 1.54) is 24.0 Å². The van der Waals surface area contributed by atoms with Crippen molar-refractivity contribution in [3.8, 4) is 5.75 Å². The van der Waals surface area contributed by atoms with Crippen LogP contribution in [0.4, 0.5) is 0 Å². The SMILES string of the molecule is Cc1cccc([C@@H]2c3cc(O[C@H](C)C(=O)NCC4CC4)ccc3CCN2C(=O)C2CCCC2)c1. The summed E-state index contributed by atoms with van der Waals surface area (Å²) >= 11 is 0. The van der Waals surface area contributed by atoms with Crippen molar-refractivity contribution in [3.63, 3.8) is 0 Å². The van der Waals surface area contributed by atoms with E-state index in [2.05, 4.69) is 53.5 Å². The second-order valence-electron chi connectivity index (χ2n) is 10.4. The van der Waals surface area contributed by atoms with Gasteiger partial charge in [-0.1, -0.05) is 48.7 Å². The smallest absolute Gasteiger partial charge is 0.260 e. The lowest BCUT2D eigenvalue weighted by Gasteiger charge is -2.39. The summed E-state index contributed by atoms with van der Waals surface area (Å²) in [5.74, 6) is 1.68. The van der Waals surface area contributed by atoms with Crippen molar-refractivity contribution in [2.75, 3.05) is 13.1 Å². The molecule has 0 aromatic heterocycles. The van der Waals surface area contributed by atoms with Crippen LogP contribution in [0.25, 0.3) is 0 Å². The molecule has 0 saturated heterocycles. The third-order valence-corrected chi connectivity index (χ3v) is 7.63. The predicted octanol–water partition coefficient (Wildman–Crippen LogP) is 4.95. The summed E-state index contributed by atoms with van der Waals surface area (Å²) in [5.41, 5.74) is 4.69. The first-order valence-corrected chi connectivity index (χ1v) is 12.9. The number of carbonyl (C=O) groups excluding carboxylic acids is 2. The fourth-order valence-corrected chi connectivity index (χ4v) is 5.48. The first-order valence-electron chi connectivity index (χ1n) is 12.9.